The highest BCUT2D eigenvalue weighted by molar-refractivity contribution is 7.89. The first-order valence-electron chi connectivity index (χ1n) is 6.87. The molecule has 0 aromatic heterocycles. The van der Waals surface area contributed by atoms with Crippen LogP contribution in [0, 0.1) is 0 Å². The first kappa shape index (κ1) is 14.2. The third-order valence-electron chi connectivity index (χ3n) is 3.55. The summed E-state index contributed by atoms with van der Waals surface area (Å²) in [5.74, 6) is 0.232. The Morgan fingerprint density at radius 2 is 2.11 bits per heavy atom. The lowest BCUT2D eigenvalue weighted by atomic mass is 10.2. The average Bonchev–Trinajstić information content (AvgIpc) is 3.01. The molecule has 6 heteroatoms. The van der Waals surface area contributed by atoms with Gasteiger partial charge in [0.2, 0.25) is 10.0 Å². The molecule has 0 bridgehead atoms. The van der Waals surface area contributed by atoms with E-state index in [0.29, 0.717) is 19.0 Å². The van der Waals surface area contributed by atoms with Gasteiger partial charge in [-0.15, -0.1) is 0 Å². The van der Waals surface area contributed by atoms with Crippen molar-refractivity contribution in [2.24, 2.45) is 0 Å². The highest BCUT2D eigenvalue weighted by Crippen LogP contribution is 2.18. The predicted molar refractivity (Wildman–Crippen MR) is 71.0 cm³/mol. The minimum atomic E-state index is -3.11. The number of sulfonamides is 1. The summed E-state index contributed by atoms with van der Waals surface area (Å²) in [4.78, 5) is 0. The SMILES string of the molecule is CN(CC1CCCO1)S(=O)(=O)CCCNC1CC1. The van der Waals surface area contributed by atoms with Crippen molar-refractivity contribution >= 4 is 10.0 Å². The van der Waals surface area contributed by atoms with Gasteiger partial charge in [0, 0.05) is 26.2 Å². The molecule has 1 N–H and O–H groups in total. The molecule has 1 aliphatic heterocycles. The van der Waals surface area contributed by atoms with Gasteiger partial charge in [0.15, 0.2) is 0 Å². The largest absolute Gasteiger partial charge is 0.377 e. The quantitative estimate of drug-likeness (QED) is 0.659. The van der Waals surface area contributed by atoms with Gasteiger partial charge in [-0.05, 0) is 38.6 Å². The van der Waals surface area contributed by atoms with Crippen molar-refractivity contribution in [3.8, 4) is 0 Å². The molecule has 5 nitrogen and oxygen atoms in total. The Morgan fingerprint density at radius 3 is 2.72 bits per heavy atom. The molecule has 1 saturated carbocycles. The van der Waals surface area contributed by atoms with Crippen LogP contribution in [0.5, 0.6) is 0 Å². The number of hydrogen-bond acceptors (Lipinski definition) is 4. The van der Waals surface area contributed by atoms with Crippen molar-refractivity contribution in [3.63, 3.8) is 0 Å². The first-order valence-corrected chi connectivity index (χ1v) is 8.48. The molecule has 0 spiro atoms. The molecule has 1 atom stereocenters. The van der Waals surface area contributed by atoms with Gasteiger partial charge >= 0.3 is 0 Å². The van der Waals surface area contributed by atoms with Gasteiger partial charge in [0.05, 0.1) is 11.9 Å². The number of ether oxygens (including phenoxy) is 1. The minimum absolute atomic E-state index is 0.0920. The minimum Gasteiger partial charge on any atom is -0.377 e. The Hall–Kier alpha value is -0.170. The van der Waals surface area contributed by atoms with E-state index >= 15 is 0 Å². The van der Waals surface area contributed by atoms with Gasteiger partial charge in [-0.3, -0.25) is 0 Å². The number of rotatable bonds is 8. The predicted octanol–water partition coefficient (Wildman–Crippen LogP) is 0.569. The van der Waals surface area contributed by atoms with Crippen molar-refractivity contribution in [2.75, 3.05) is 32.5 Å². The van der Waals surface area contributed by atoms with Crippen molar-refractivity contribution in [1.29, 1.82) is 0 Å². The fraction of sp³-hybridized carbons (Fsp3) is 1.00. The van der Waals surface area contributed by atoms with E-state index in [9.17, 15) is 8.42 Å². The summed E-state index contributed by atoms with van der Waals surface area (Å²) in [7, 11) is -1.45. The van der Waals surface area contributed by atoms with Crippen LogP contribution < -0.4 is 5.32 Å². The molecule has 1 heterocycles. The Morgan fingerprint density at radius 1 is 1.33 bits per heavy atom. The van der Waals surface area contributed by atoms with E-state index in [1.807, 2.05) is 0 Å². The smallest absolute Gasteiger partial charge is 0.213 e. The second kappa shape index (κ2) is 6.32. The second-order valence-electron chi connectivity index (χ2n) is 5.31. The van der Waals surface area contributed by atoms with Crippen LogP contribution in [0.2, 0.25) is 0 Å². The van der Waals surface area contributed by atoms with Crippen LogP contribution in [-0.2, 0) is 14.8 Å². The molecular formula is C12H24N2O3S. The number of nitrogens with zero attached hydrogens (tertiary/aromatic N) is 1. The highest BCUT2D eigenvalue weighted by atomic mass is 32.2. The molecule has 18 heavy (non-hydrogen) atoms. The van der Waals surface area contributed by atoms with Gasteiger partial charge in [-0.2, -0.15) is 0 Å². The van der Waals surface area contributed by atoms with Crippen molar-refractivity contribution in [1.82, 2.24) is 9.62 Å². The van der Waals surface area contributed by atoms with E-state index in [1.54, 1.807) is 7.05 Å². The molecular weight excluding hydrogens is 252 g/mol. The number of hydrogen-bond donors (Lipinski definition) is 1. The fourth-order valence-electron chi connectivity index (χ4n) is 2.19. The van der Waals surface area contributed by atoms with Gasteiger partial charge in [-0.25, -0.2) is 12.7 Å². The summed E-state index contributed by atoms with van der Waals surface area (Å²) in [6.45, 7) is 2.07. The molecule has 2 aliphatic rings. The lowest BCUT2D eigenvalue weighted by Crippen LogP contribution is -2.36. The Labute approximate surface area is 110 Å². The van der Waals surface area contributed by atoms with Gasteiger partial charge in [0.25, 0.3) is 0 Å². The van der Waals surface area contributed by atoms with Crippen LogP contribution in [0.4, 0.5) is 0 Å². The molecule has 106 valence electrons. The Bertz CT molecular complexity index is 348. The molecule has 2 rings (SSSR count). The molecule has 0 amide bonds. The Balaban J connectivity index is 1.66. The molecule has 1 unspecified atom stereocenters. The normalized spacial score (nSPS) is 24.9. The van der Waals surface area contributed by atoms with Crippen LogP contribution >= 0.6 is 0 Å². The van der Waals surface area contributed by atoms with E-state index in [1.165, 1.54) is 17.1 Å². The van der Waals surface area contributed by atoms with Crippen LogP contribution in [-0.4, -0.2) is 57.4 Å². The summed E-state index contributed by atoms with van der Waals surface area (Å²) < 4.78 is 31.0. The maximum Gasteiger partial charge on any atom is 0.213 e. The van der Waals surface area contributed by atoms with E-state index in [0.717, 1.165) is 26.0 Å². The van der Waals surface area contributed by atoms with E-state index in [-0.39, 0.29) is 11.9 Å². The summed E-state index contributed by atoms with van der Waals surface area (Å²) in [6, 6.07) is 0.650. The lowest BCUT2D eigenvalue weighted by Gasteiger charge is -2.20. The molecule has 0 aromatic carbocycles. The maximum absolute atomic E-state index is 12.0. The fourth-order valence-corrected chi connectivity index (χ4v) is 3.41. The van der Waals surface area contributed by atoms with Crippen LogP contribution in [0.25, 0.3) is 0 Å². The summed E-state index contributed by atoms with van der Waals surface area (Å²) >= 11 is 0. The van der Waals surface area contributed by atoms with Crippen LogP contribution in [0.3, 0.4) is 0 Å². The summed E-state index contributed by atoms with van der Waals surface area (Å²) in [5, 5.41) is 3.33. The first-order chi connectivity index (χ1) is 8.58. The highest BCUT2D eigenvalue weighted by Gasteiger charge is 2.24. The summed E-state index contributed by atoms with van der Waals surface area (Å²) in [5.41, 5.74) is 0. The summed E-state index contributed by atoms with van der Waals surface area (Å²) in [6.07, 6.45) is 5.29. The van der Waals surface area contributed by atoms with Crippen molar-refractivity contribution in [2.45, 2.75) is 44.2 Å². The number of nitrogens with one attached hydrogen (secondary N) is 1. The zero-order valence-electron chi connectivity index (χ0n) is 11.1. The topological polar surface area (TPSA) is 58.6 Å². The monoisotopic (exact) mass is 276 g/mol. The van der Waals surface area contributed by atoms with E-state index in [4.69, 9.17) is 4.74 Å². The van der Waals surface area contributed by atoms with Gasteiger partial charge < -0.3 is 10.1 Å². The lowest BCUT2D eigenvalue weighted by molar-refractivity contribution is 0.0979. The van der Waals surface area contributed by atoms with Crippen molar-refractivity contribution < 1.29 is 13.2 Å². The average molecular weight is 276 g/mol. The molecule has 0 aromatic rings. The maximum atomic E-state index is 12.0. The zero-order chi connectivity index (χ0) is 13.0. The van der Waals surface area contributed by atoms with Crippen LogP contribution in [0.15, 0.2) is 0 Å². The van der Waals surface area contributed by atoms with Crippen LogP contribution in [0.1, 0.15) is 32.1 Å². The molecule has 0 radical (unpaired) electrons. The third-order valence-corrected chi connectivity index (χ3v) is 5.45. The second-order valence-corrected chi connectivity index (χ2v) is 7.51. The Kier molecular flexibility index (Phi) is 5.00. The molecule has 2 fully saturated rings. The molecule has 1 aliphatic carbocycles. The third kappa shape index (κ3) is 4.50. The van der Waals surface area contributed by atoms with Crippen molar-refractivity contribution in [3.05, 3.63) is 0 Å². The van der Waals surface area contributed by atoms with Gasteiger partial charge in [-0.1, -0.05) is 0 Å². The number of likely N-dealkylation sites (N-methyl/N-ethyl adjacent to an activating group) is 1. The standard InChI is InChI=1S/C12H24N2O3S/c1-14(10-12-4-2-8-17-12)18(15,16)9-3-7-13-11-5-6-11/h11-13H,2-10H2,1H3. The van der Waals surface area contributed by atoms with E-state index < -0.39 is 10.0 Å². The molecule has 1 saturated heterocycles. The zero-order valence-corrected chi connectivity index (χ0v) is 11.9. The van der Waals surface area contributed by atoms with Gasteiger partial charge in [0.1, 0.15) is 0 Å². The van der Waals surface area contributed by atoms with E-state index in [2.05, 4.69) is 5.32 Å².